The van der Waals surface area contributed by atoms with Crippen LogP contribution in [0.25, 0.3) is 5.65 Å². The molecule has 0 aliphatic rings. The number of anilines is 1. The van der Waals surface area contributed by atoms with E-state index < -0.39 is 0 Å². The molecule has 0 spiro atoms. The van der Waals surface area contributed by atoms with Crippen LogP contribution in [0.1, 0.15) is 0 Å². The number of hydrogen-bond donors (Lipinski definition) is 1. The monoisotopic (exact) mass is 133 g/mol. The highest BCUT2D eigenvalue weighted by Crippen LogP contribution is 2.02. The second-order valence-corrected chi connectivity index (χ2v) is 2.13. The van der Waals surface area contributed by atoms with Crippen molar-refractivity contribution in [1.82, 2.24) is 9.38 Å². The fourth-order valence-electron chi connectivity index (χ4n) is 0.932. The lowest BCUT2D eigenvalue weighted by Gasteiger charge is -1.93. The molecule has 0 unspecified atom stereocenters. The van der Waals surface area contributed by atoms with Crippen LogP contribution in [0, 0.1) is 0 Å². The summed E-state index contributed by atoms with van der Waals surface area (Å²) < 4.78 is 1.91. The smallest absolute Gasteiger partial charge is 0.139 e. The van der Waals surface area contributed by atoms with Gasteiger partial charge in [0.05, 0.1) is 0 Å². The zero-order valence-electron chi connectivity index (χ0n) is 5.36. The molecule has 0 atom stereocenters. The predicted octanol–water partition coefficient (Wildman–Crippen LogP) is 0.916. The molecule has 50 valence electrons. The maximum atomic E-state index is 5.46. The third-order valence-electron chi connectivity index (χ3n) is 1.41. The number of fused-ring (bicyclic) bond motifs is 1. The van der Waals surface area contributed by atoms with E-state index in [-0.39, 0.29) is 0 Å². The number of rotatable bonds is 0. The van der Waals surface area contributed by atoms with Gasteiger partial charge in [-0.3, -0.25) is 0 Å². The molecular formula is C7H7N3. The summed E-state index contributed by atoms with van der Waals surface area (Å²) in [5.74, 6) is 0.561. The van der Waals surface area contributed by atoms with Crippen molar-refractivity contribution in [2.24, 2.45) is 0 Å². The highest BCUT2D eigenvalue weighted by molar-refractivity contribution is 5.44. The third kappa shape index (κ3) is 0.639. The van der Waals surface area contributed by atoms with Gasteiger partial charge in [-0.1, -0.05) is 0 Å². The van der Waals surface area contributed by atoms with Gasteiger partial charge >= 0.3 is 0 Å². The summed E-state index contributed by atoms with van der Waals surface area (Å²) in [6, 6.07) is 5.62. The first-order valence-electron chi connectivity index (χ1n) is 3.05. The number of nitrogens with two attached hydrogens (primary N) is 1. The Hall–Kier alpha value is -1.51. The van der Waals surface area contributed by atoms with Crippen molar-refractivity contribution < 1.29 is 0 Å². The number of hydrogen-bond acceptors (Lipinski definition) is 2. The van der Waals surface area contributed by atoms with Gasteiger partial charge in [-0.05, 0) is 18.2 Å². The molecule has 10 heavy (non-hydrogen) atoms. The van der Waals surface area contributed by atoms with Crippen LogP contribution in [0.5, 0.6) is 0 Å². The molecule has 2 N–H and O–H groups in total. The molecule has 0 radical (unpaired) electrons. The summed E-state index contributed by atoms with van der Waals surface area (Å²) in [5.41, 5.74) is 6.35. The molecule has 3 heteroatoms. The Balaban J connectivity index is 2.86. The van der Waals surface area contributed by atoms with Gasteiger partial charge in [0.25, 0.3) is 0 Å². The fraction of sp³-hybridized carbons (Fsp3) is 0. The van der Waals surface area contributed by atoms with Crippen LogP contribution in [-0.4, -0.2) is 9.38 Å². The molecule has 0 saturated carbocycles. The first-order valence-corrected chi connectivity index (χ1v) is 3.05. The summed E-state index contributed by atoms with van der Waals surface area (Å²) in [6.07, 6.45) is 3.82. The first kappa shape index (κ1) is 5.29. The van der Waals surface area contributed by atoms with E-state index in [1.165, 1.54) is 0 Å². The van der Waals surface area contributed by atoms with Gasteiger partial charge in [-0.25, -0.2) is 4.98 Å². The van der Waals surface area contributed by atoms with Crippen LogP contribution in [0.15, 0.2) is 30.6 Å². The minimum atomic E-state index is 0.561. The Bertz CT molecular complexity index is 350. The Morgan fingerprint density at radius 3 is 3.10 bits per heavy atom. The first-order chi connectivity index (χ1) is 4.86. The van der Waals surface area contributed by atoms with Crippen LogP contribution >= 0.6 is 0 Å². The molecule has 2 aromatic heterocycles. The quantitative estimate of drug-likeness (QED) is 0.580. The molecule has 2 heterocycles. The fourth-order valence-corrected chi connectivity index (χ4v) is 0.932. The zero-order chi connectivity index (χ0) is 6.97. The van der Waals surface area contributed by atoms with Crippen LogP contribution in [-0.2, 0) is 0 Å². The third-order valence-corrected chi connectivity index (χ3v) is 1.41. The second-order valence-electron chi connectivity index (χ2n) is 2.13. The van der Waals surface area contributed by atoms with Crippen molar-refractivity contribution in [2.75, 3.05) is 5.73 Å². The van der Waals surface area contributed by atoms with Crippen LogP contribution < -0.4 is 5.73 Å². The van der Waals surface area contributed by atoms with E-state index in [1.807, 2.05) is 28.9 Å². The van der Waals surface area contributed by atoms with Crippen molar-refractivity contribution in [3.63, 3.8) is 0 Å². The van der Waals surface area contributed by atoms with E-state index in [4.69, 9.17) is 5.73 Å². The van der Waals surface area contributed by atoms with Crippen molar-refractivity contribution in [2.45, 2.75) is 0 Å². The van der Waals surface area contributed by atoms with Crippen molar-refractivity contribution in [3.05, 3.63) is 30.6 Å². The summed E-state index contributed by atoms with van der Waals surface area (Å²) in [5, 5.41) is 0. The average molecular weight is 133 g/mol. The largest absolute Gasteiger partial charge is 0.384 e. The van der Waals surface area contributed by atoms with Crippen molar-refractivity contribution in [3.8, 4) is 0 Å². The zero-order valence-corrected chi connectivity index (χ0v) is 5.36. The SMILES string of the molecule is Nc1ccn2cccc2n1. The summed E-state index contributed by atoms with van der Waals surface area (Å²) in [4.78, 5) is 4.08. The Morgan fingerprint density at radius 1 is 1.30 bits per heavy atom. The molecule has 0 bridgehead atoms. The van der Waals surface area contributed by atoms with Crippen LogP contribution in [0.4, 0.5) is 5.82 Å². The van der Waals surface area contributed by atoms with Crippen LogP contribution in [0.3, 0.4) is 0 Å². The van der Waals surface area contributed by atoms with Gasteiger partial charge in [-0.15, -0.1) is 0 Å². The topological polar surface area (TPSA) is 43.3 Å². The minimum Gasteiger partial charge on any atom is -0.384 e. The molecule has 0 aliphatic heterocycles. The van der Waals surface area contributed by atoms with Crippen molar-refractivity contribution >= 4 is 11.5 Å². The molecule has 0 aliphatic carbocycles. The highest BCUT2D eigenvalue weighted by atomic mass is 15.0. The lowest BCUT2D eigenvalue weighted by molar-refractivity contribution is 1.14. The normalized spacial score (nSPS) is 10.4. The molecule has 0 aromatic carbocycles. The summed E-state index contributed by atoms with van der Waals surface area (Å²) >= 11 is 0. The molecule has 0 fully saturated rings. The molecule has 2 aromatic rings. The summed E-state index contributed by atoms with van der Waals surface area (Å²) in [7, 11) is 0. The van der Waals surface area contributed by atoms with Gasteiger partial charge in [0.1, 0.15) is 11.5 Å². The number of nitrogen functional groups attached to an aromatic ring is 1. The van der Waals surface area contributed by atoms with Gasteiger partial charge in [0.2, 0.25) is 0 Å². The molecule has 2 rings (SSSR count). The Labute approximate surface area is 58.1 Å². The lowest BCUT2D eigenvalue weighted by Crippen LogP contribution is -1.91. The predicted molar refractivity (Wildman–Crippen MR) is 39.6 cm³/mol. The van der Waals surface area contributed by atoms with Crippen molar-refractivity contribution in [1.29, 1.82) is 0 Å². The van der Waals surface area contributed by atoms with Gasteiger partial charge in [-0.2, -0.15) is 0 Å². The van der Waals surface area contributed by atoms with E-state index in [1.54, 1.807) is 6.07 Å². The average Bonchev–Trinajstić information content (AvgIpc) is 2.33. The van der Waals surface area contributed by atoms with Crippen LogP contribution in [0.2, 0.25) is 0 Å². The Kier molecular flexibility index (Phi) is 0.917. The molecule has 0 saturated heterocycles. The van der Waals surface area contributed by atoms with E-state index in [0.29, 0.717) is 5.82 Å². The minimum absolute atomic E-state index is 0.561. The summed E-state index contributed by atoms with van der Waals surface area (Å²) in [6.45, 7) is 0. The van der Waals surface area contributed by atoms with Gasteiger partial charge in [0, 0.05) is 12.4 Å². The van der Waals surface area contributed by atoms with E-state index in [2.05, 4.69) is 4.98 Å². The standard InChI is InChI=1S/C7H7N3/c8-6-3-5-10-4-1-2-7(10)9-6/h1-5H,(H2,8,9). The van der Waals surface area contributed by atoms with E-state index >= 15 is 0 Å². The van der Waals surface area contributed by atoms with Gasteiger partial charge < -0.3 is 10.1 Å². The number of nitrogens with zero attached hydrogens (tertiary/aromatic N) is 2. The van der Waals surface area contributed by atoms with E-state index in [0.717, 1.165) is 5.65 Å². The van der Waals surface area contributed by atoms with Gasteiger partial charge in [0.15, 0.2) is 0 Å². The highest BCUT2D eigenvalue weighted by Gasteiger charge is 1.90. The number of aromatic nitrogens is 2. The lowest BCUT2D eigenvalue weighted by atomic mass is 10.6. The Morgan fingerprint density at radius 2 is 2.20 bits per heavy atom. The maximum Gasteiger partial charge on any atom is 0.139 e. The molecule has 3 nitrogen and oxygen atoms in total. The van der Waals surface area contributed by atoms with E-state index in [9.17, 15) is 0 Å². The molecule has 0 amide bonds. The second kappa shape index (κ2) is 1.73. The maximum absolute atomic E-state index is 5.46. The molecular weight excluding hydrogens is 126 g/mol.